The Labute approximate surface area is 195 Å². The standard InChI is InChI=1S/C24H25NO9/c1-12(26)33-20-18(19(27)21(22(28)29)34-23(20)31-2)25-24(30)32-11-17-15-9-5-3-7-13(15)14-8-4-6-10-16(14)17/h3-10,17-21,23,27H,11H2,1-2H3,(H,25,30)(H,28,29)/t18-,19-,20+,21-,23+/m0/s1. The maximum atomic E-state index is 12.7. The lowest BCUT2D eigenvalue weighted by Gasteiger charge is -2.42. The maximum absolute atomic E-state index is 12.7. The molecule has 2 aliphatic rings. The monoisotopic (exact) mass is 471 g/mol. The molecule has 2 aromatic carbocycles. The van der Waals surface area contributed by atoms with Gasteiger partial charge in [0.2, 0.25) is 0 Å². The van der Waals surface area contributed by atoms with Gasteiger partial charge in [-0.3, -0.25) is 4.79 Å². The molecule has 3 N–H and O–H groups in total. The summed E-state index contributed by atoms with van der Waals surface area (Å²) in [5, 5.41) is 22.4. The van der Waals surface area contributed by atoms with Crippen molar-refractivity contribution < 1.29 is 43.5 Å². The second-order valence-corrected chi connectivity index (χ2v) is 8.06. The molecule has 0 bridgehead atoms. The highest BCUT2D eigenvalue weighted by atomic mass is 16.7. The van der Waals surface area contributed by atoms with Crippen LogP contribution in [0.4, 0.5) is 4.79 Å². The van der Waals surface area contributed by atoms with Gasteiger partial charge in [-0.2, -0.15) is 0 Å². The minimum absolute atomic E-state index is 0.00741. The average Bonchev–Trinajstić information content (AvgIpc) is 3.13. The summed E-state index contributed by atoms with van der Waals surface area (Å²) in [5.74, 6) is -2.38. The Morgan fingerprint density at radius 1 is 1.03 bits per heavy atom. The molecule has 5 atom stereocenters. The highest BCUT2D eigenvalue weighted by Crippen LogP contribution is 2.44. The molecule has 10 heteroatoms. The highest BCUT2D eigenvalue weighted by Gasteiger charge is 2.51. The van der Waals surface area contributed by atoms with Crippen LogP contribution in [-0.4, -0.2) is 72.6 Å². The lowest BCUT2D eigenvalue weighted by Crippen LogP contribution is -2.66. The molecule has 1 fully saturated rings. The molecular formula is C24H25NO9. The summed E-state index contributed by atoms with van der Waals surface area (Å²) in [7, 11) is 1.22. The number of aliphatic hydroxyl groups is 1. The lowest BCUT2D eigenvalue weighted by atomic mass is 9.96. The normalized spacial score (nSPS) is 25.7. The van der Waals surface area contributed by atoms with E-state index in [0.717, 1.165) is 29.2 Å². The van der Waals surface area contributed by atoms with Gasteiger partial charge in [0.05, 0.1) is 0 Å². The van der Waals surface area contributed by atoms with Gasteiger partial charge in [0.15, 0.2) is 18.5 Å². The molecule has 1 heterocycles. The van der Waals surface area contributed by atoms with E-state index in [1.165, 1.54) is 7.11 Å². The number of carbonyl (C=O) groups is 3. The van der Waals surface area contributed by atoms with Crippen molar-refractivity contribution in [3.8, 4) is 11.1 Å². The van der Waals surface area contributed by atoms with E-state index in [1.807, 2.05) is 48.5 Å². The number of alkyl carbamates (subject to hydrolysis) is 1. The quantitative estimate of drug-likeness (QED) is 0.536. The third-order valence-electron chi connectivity index (χ3n) is 5.99. The highest BCUT2D eigenvalue weighted by molar-refractivity contribution is 5.79. The molecule has 1 amide bonds. The number of esters is 1. The Morgan fingerprint density at radius 3 is 2.15 bits per heavy atom. The fourth-order valence-corrected chi connectivity index (χ4v) is 4.51. The van der Waals surface area contributed by atoms with E-state index in [2.05, 4.69) is 5.32 Å². The number of amides is 1. The summed E-state index contributed by atoms with van der Waals surface area (Å²) in [4.78, 5) is 35.8. The number of carboxylic acid groups (broad SMARTS) is 1. The molecule has 4 rings (SSSR count). The number of aliphatic carboxylic acids is 1. The number of aliphatic hydroxyl groups excluding tert-OH is 1. The number of hydrogen-bond acceptors (Lipinski definition) is 8. The van der Waals surface area contributed by atoms with E-state index in [-0.39, 0.29) is 12.5 Å². The summed E-state index contributed by atoms with van der Waals surface area (Å²) in [6.07, 6.45) is -6.98. The first-order valence-electron chi connectivity index (χ1n) is 10.7. The van der Waals surface area contributed by atoms with Gasteiger partial charge < -0.3 is 34.5 Å². The van der Waals surface area contributed by atoms with E-state index in [0.29, 0.717) is 0 Å². The fraction of sp³-hybridized carbons (Fsp3) is 0.375. The zero-order valence-electron chi connectivity index (χ0n) is 18.5. The number of methoxy groups -OCH3 is 1. The molecule has 0 saturated carbocycles. The van der Waals surface area contributed by atoms with Gasteiger partial charge in [-0.1, -0.05) is 48.5 Å². The molecule has 1 saturated heterocycles. The van der Waals surface area contributed by atoms with E-state index < -0.39 is 48.7 Å². The zero-order chi connectivity index (χ0) is 24.4. The maximum Gasteiger partial charge on any atom is 0.407 e. The number of fused-ring (bicyclic) bond motifs is 3. The molecule has 0 unspecified atom stereocenters. The van der Waals surface area contributed by atoms with E-state index in [9.17, 15) is 24.6 Å². The van der Waals surface area contributed by atoms with Crippen molar-refractivity contribution in [2.75, 3.05) is 13.7 Å². The van der Waals surface area contributed by atoms with Gasteiger partial charge in [-0.05, 0) is 22.3 Å². The third-order valence-corrected chi connectivity index (χ3v) is 5.99. The van der Waals surface area contributed by atoms with Crippen molar-refractivity contribution >= 4 is 18.0 Å². The van der Waals surface area contributed by atoms with Crippen LogP contribution in [-0.2, 0) is 28.5 Å². The summed E-state index contributed by atoms with van der Waals surface area (Å²) in [6.45, 7) is 1.14. The van der Waals surface area contributed by atoms with E-state index in [1.54, 1.807) is 0 Å². The van der Waals surface area contributed by atoms with Crippen LogP contribution in [0.5, 0.6) is 0 Å². The van der Waals surface area contributed by atoms with Gasteiger partial charge in [-0.15, -0.1) is 0 Å². The number of ether oxygens (including phenoxy) is 4. The summed E-state index contributed by atoms with van der Waals surface area (Å²) in [6, 6.07) is 14.3. The van der Waals surface area contributed by atoms with Gasteiger partial charge >= 0.3 is 18.0 Å². The van der Waals surface area contributed by atoms with E-state index in [4.69, 9.17) is 18.9 Å². The van der Waals surface area contributed by atoms with Crippen molar-refractivity contribution in [1.82, 2.24) is 5.32 Å². The third kappa shape index (κ3) is 4.47. The van der Waals surface area contributed by atoms with Crippen molar-refractivity contribution in [3.05, 3.63) is 59.7 Å². The minimum Gasteiger partial charge on any atom is -0.479 e. The number of benzene rings is 2. The largest absolute Gasteiger partial charge is 0.479 e. The van der Waals surface area contributed by atoms with Crippen LogP contribution in [0.1, 0.15) is 24.0 Å². The first-order chi connectivity index (χ1) is 16.3. The van der Waals surface area contributed by atoms with Crippen LogP contribution >= 0.6 is 0 Å². The van der Waals surface area contributed by atoms with Crippen LogP contribution in [0.3, 0.4) is 0 Å². The first kappa shape index (κ1) is 23.7. The van der Waals surface area contributed by atoms with Gasteiger partial charge in [-0.25, -0.2) is 9.59 Å². The number of carbonyl (C=O) groups excluding carboxylic acids is 2. The van der Waals surface area contributed by atoms with E-state index >= 15 is 0 Å². The molecule has 180 valence electrons. The molecule has 1 aliphatic carbocycles. The smallest absolute Gasteiger partial charge is 0.407 e. The lowest BCUT2D eigenvalue weighted by molar-refractivity contribution is -0.269. The van der Waals surface area contributed by atoms with Crippen LogP contribution < -0.4 is 5.32 Å². The van der Waals surface area contributed by atoms with Gasteiger partial charge in [0.25, 0.3) is 0 Å². The number of hydrogen-bond donors (Lipinski definition) is 3. The molecule has 0 radical (unpaired) electrons. The van der Waals surface area contributed by atoms with Crippen LogP contribution in [0.2, 0.25) is 0 Å². The van der Waals surface area contributed by atoms with Crippen LogP contribution in [0, 0.1) is 0 Å². The molecule has 0 spiro atoms. The molecule has 10 nitrogen and oxygen atoms in total. The summed E-state index contributed by atoms with van der Waals surface area (Å²) < 4.78 is 21.0. The molecule has 1 aliphatic heterocycles. The minimum atomic E-state index is -1.73. The molecular weight excluding hydrogens is 446 g/mol. The van der Waals surface area contributed by atoms with Crippen molar-refractivity contribution in [2.24, 2.45) is 0 Å². The predicted molar refractivity (Wildman–Crippen MR) is 117 cm³/mol. The fourth-order valence-electron chi connectivity index (χ4n) is 4.51. The summed E-state index contributed by atoms with van der Waals surface area (Å²) in [5.41, 5.74) is 4.17. The Kier molecular flexibility index (Phi) is 6.82. The number of rotatable bonds is 6. The Balaban J connectivity index is 1.50. The molecule has 34 heavy (non-hydrogen) atoms. The van der Waals surface area contributed by atoms with Gasteiger partial charge in [0.1, 0.15) is 18.8 Å². The Bertz CT molecular complexity index is 1040. The van der Waals surface area contributed by atoms with Crippen LogP contribution in [0.25, 0.3) is 11.1 Å². The second kappa shape index (κ2) is 9.80. The average molecular weight is 471 g/mol. The topological polar surface area (TPSA) is 141 Å². The summed E-state index contributed by atoms with van der Waals surface area (Å²) >= 11 is 0. The van der Waals surface area contributed by atoms with Crippen LogP contribution in [0.15, 0.2) is 48.5 Å². The SMILES string of the molecule is CO[C@@H]1O[C@H](C(=O)O)[C@@H](O)[C@H](NC(=O)OCC2c3ccccc3-c3ccccc32)[C@H]1OC(C)=O. The number of nitrogens with one attached hydrogen (secondary N) is 1. The van der Waals surface area contributed by atoms with Crippen molar-refractivity contribution in [1.29, 1.82) is 0 Å². The Hall–Kier alpha value is -3.47. The van der Waals surface area contributed by atoms with Crippen molar-refractivity contribution in [3.63, 3.8) is 0 Å². The van der Waals surface area contributed by atoms with Crippen molar-refractivity contribution in [2.45, 2.75) is 43.5 Å². The second-order valence-electron chi connectivity index (χ2n) is 8.06. The zero-order valence-corrected chi connectivity index (χ0v) is 18.5. The molecule has 0 aromatic heterocycles. The predicted octanol–water partition coefficient (Wildman–Crippen LogP) is 1.64. The first-order valence-corrected chi connectivity index (χ1v) is 10.7. The van der Waals surface area contributed by atoms with Gasteiger partial charge in [0, 0.05) is 20.0 Å². The number of carboxylic acids is 1. The Morgan fingerprint density at radius 2 is 1.62 bits per heavy atom. The molecule has 2 aromatic rings.